The second-order valence-electron chi connectivity index (χ2n) is 4.87. The molecule has 3 nitrogen and oxygen atoms in total. The maximum absolute atomic E-state index is 13.6. The lowest BCUT2D eigenvalue weighted by Gasteiger charge is -2.34. The van der Waals surface area contributed by atoms with E-state index in [4.69, 9.17) is 4.42 Å². The van der Waals surface area contributed by atoms with E-state index in [9.17, 15) is 4.39 Å². The Morgan fingerprint density at radius 3 is 2.67 bits per heavy atom. The van der Waals surface area contributed by atoms with E-state index in [0.717, 1.165) is 42.0 Å². The molecule has 0 aliphatic carbocycles. The molecule has 1 N–H and O–H groups in total. The summed E-state index contributed by atoms with van der Waals surface area (Å²) in [5.74, 6) is 0.619. The highest BCUT2D eigenvalue weighted by molar-refractivity contribution is 9.10. The van der Waals surface area contributed by atoms with Crippen molar-refractivity contribution < 1.29 is 8.81 Å². The predicted molar refractivity (Wildman–Crippen MR) is 86.3 cm³/mol. The lowest BCUT2D eigenvalue weighted by atomic mass is 10.0. The highest BCUT2D eigenvalue weighted by atomic mass is 79.9. The molecule has 1 atom stereocenters. The van der Waals surface area contributed by atoms with E-state index >= 15 is 0 Å². The monoisotopic (exact) mass is 374 g/mol. The van der Waals surface area contributed by atoms with Crippen molar-refractivity contribution in [1.82, 2.24) is 10.2 Å². The molecule has 0 bridgehead atoms. The van der Waals surface area contributed by atoms with Gasteiger partial charge in [-0.25, -0.2) is 4.39 Å². The number of benzene rings is 1. The molecule has 1 saturated heterocycles. The van der Waals surface area contributed by atoms with Gasteiger partial charge in [-0.05, 0) is 35.9 Å². The third kappa shape index (κ3) is 3.66. The van der Waals surface area contributed by atoms with Gasteiger partial charge in [-0.2, -0.15) is 0 Å². The summed E-state index contributed by atoms with van der Waals surface area (Å²) in [7, 11) is 0. The minimum atomic E-state index is -0.227. The summed E-state index contributed by atoms with van der Waals surface area (Å²) in [4.78, 5) is 2.31. The summed E-state index contributed by atoms with van der Waals surface area (Å²) in [6, 6.07) is 8.56. The summed E-state index contributed by atoms with van der Waals surface area (Å²) in [5.41, 5.74) is 0.904. The van der Waals surface area contributed by atoms with E-state index < -0.39 is 0 Å². The van der Waals surface area contributed by atoms with Crippen molar-refractivity contribution >= 4 is 28.3 Å². The SMILES string of the molecule is Cl.Fc1ccc(Br)c([C@@H](c2ccco2)N2CCNCC2)c1. The van der Waals surface area contributed by atoms with Gasteiger partial charge in [0.2, 0.25) is 0 Å². The fraction of sp³-hybridized carbons (Fsp3) is 0.333. The molecule has 0 saturated carbocycles. The smallest absolute Gasteiger partial charge is 0.125 e. The van der Waals surface area contributed by atoms with Crippen LogP contribution in [-0.2, 0) is 0 Å². The minimum Gasteiger partial charge on any atom is -0.467 e. The molecule has 1 aromatic carbocycles. The number of rotatable bonds is 3. The van der Waals surface area contributed by atoms with Gasteiger partial charge in [-0.3, -0.25) is 4.90 Å². The van der Waals surface area contributed by atoms with Gasteiger partial charge < -0.3 is 9.73 Å². The van der Waals surface area contributed by atoms with Crippen LogP contribution in [0.4, 0.5) is 4.39 Å². The molecule has 0 unspecified atom stereocenters. The average Bonchev–Trinajstić information content (AvgIpc) is 2.98. The van der Waals surface area contributed by atoms with E-state index in [1.165, 1.54) is 6.07 Å². The van der Waals surface area contributed by atoms with Crippen molar-refractivity contribution in [2.45, 2.75) is 6.04 Å². The zero-order chi connectivity index (χ0) is 13.9. The summed E-state index contributed by atoms with van der Waals surface area (Å²) in [6.07, 6.45) is 1.66. The summed E-state index contributed by atoms with van der Waals surface area (Å²) in [6.45, 7) is 3.69. The maximum Gasteiger partial charge on any atom is 0.125 e. The van der Waals surface area contributed by atoms with Crippen molar-refractivity contribution in [2.75, 3.05) is 26.2 Å². The Morgan fingerprint density at radius 2 is 2.00 bits per heavy atom. The summed E-state index contributed by atoms with van der Waals surface area (Å²) in [5, 5.41) is 3.33. The number of nitrogens with one attached hydrogen (secondary N) is 1. The van der Waals surface area contributed by atoms with Gasteiger partial charge in [0.05, 0.1) is 12.3 Å². The second kappa shape index (κ2) is 7.40. The zero-order valence-electron chi connectivity index (χ0n) is 11.4. The van der Waals surface area contributed by atoms with Gasteiger partial charge >= 0.3 is 0 Å². The van der Waals surface area contributed by atoms with E-state index in [-0.39, 0.29) is 24.3 Å². The van der Waals surface area contributed by atoms with Crippen molar-refractivity contribution in [3.8, 4) is 0 Å². The van der Waals surface area contributed by atoms with Crippen LogP contribution in [0.25, 0.3) is 0 Å². The van der Waals surface area contributed by atoms with E-state index in [1.807, 2.05) is 12.1 Å². The first kappa shape index (κ1) is 16.5. The minimum absolute atomic E-state index is 0. The third-order valence-corrected chi connectivity index (χ3v) is 4.30. The van der Waals surface area contributed by atoms with Crippen molar-refractivity contribution in [3.63, 3.8) is 0 Å². The fourth-order valence-corrected chi connectivity index (χ4v) is 3.10. The molecule has 1 aromatic heterocycles. The van der Waals surface area contributed by atoms with E-state index in [0.29, 0.717) is 0 Å². The van der Waals surface area contributed by atoms with Gasteiger partial charge in [0.1, 0.15) is 11.6 Å². The predicted octanol–water partition coefficient (Wildman–Crippen LogP) is 3.60. The number of piperazine rings is 1. The molecule has 1 fully saturated rings. The molecule has 6 heteroatoms. The van der Waals surface area contributed by atoms with Gasteiger partial charge in [-0.1, -0.05) is 15.9 Å². The Hall–Kier alpha value is -0.880. The number of furan rings is 1. The molecule has 2 heterocycles. The van der Waals surface area contributed by atoms with Crippen LogP contribution >= 0.6 is 28.3 Å². The third-order valence-electron chi connectivity index (χ3n) is 3.58. The molecule has 2 aromatic rings. The van der Waals surface area contributed by atoms with Gasteiger partial charge in [0, 0.05) is 30.7 Å². The quantitative estimate of drug-likeness (QED) is 0.888. The molecule has 1 aliphatic rings. The first-order chi connectivity index (χ1) is 9.75. The highest BCUT2D eigenvalue weighted by Gasteiger charge is 2.27. The van der Waals surface area contributed by atoms with Gasteiger partial charge in [-0.15, -0.1) is 12.4 Å². The largest absolute Gasteiger partial charge is 0.467 e. The number of nitrogens with zero attached hydrogens (tertiary/aromatic N) is 1. The molecule has 21 heavy (non-hydrogen) atoms. The van der Waals surface area contributed by atoms with Crippen LogP contribution in [0.15, 0.2) is 45.5 Å². The standard InChI is InChI=1S/C15H16BrFN2O.ClH/c16-13-4-3-11(17)10-12(13)15(14-2-1-9-20-14)19-7-5-18-6-8-19;/h1-4,9-10,15,18H,5-8H2;1H/t15-;/m0./s1. The topological polar surface area (TPSA) is 28.4 Å². The van der Waals surface area contributed by atoms with Crippen LogP contribution in [0.2, 0.25) is 0 Å². The molecule has 0 radical (unpaired) electrons. The van der Waals surface area contributed by atoms with Crippen LogP contribution in [0.1, 0.15) is 17.4 Å². The Balaban J connectivity index is 0.00000161. The van der Waals surface area contributed by atoms with Crippen molar-refractivity contribution in [1.29, 1.82) is 0 Å². The van der Waals surface area contributed by atoms with Crippen molar-refractivity contribution in [2.24, 2.45) is 0 Å². The Kier molecular flexibility index (Phi) is 5.81. The number of halogens is 3. The Bertz CT molecular complexity index is 573. The van der Waals surface area contributed by atoms with Crippen LogP contribution in [0.3, 0.4) is 0 Å². The molecule has 1 aliphatic heterocycles. The van der Waals surface area contributed by atoms with Crippen LogP contribution in [0, 0.1) is 5.82 Å². The van der Waals surface area contributed by atoms with E-state index in [1.54, 1.807) is 18.4 Å². The Labute approximate surface area is 138 Å². The molecule has 0 amide bonds. The zero-order valence-corrected chi connectivity index (χ0v) is 13.8. The second-order valence-corrected chi connectivity index (χ2v) is 5.72. The average molecular weight is 376 g/mol. The number of hydrogen-bond acceptors (Lipinski definition) is 3. The van der Waals surface area contributed by atoms with E-state index in [2.05, 4.69) is 26.1 Å². The molecule has 3 rings (SSSR count). The van der Waals surface area contributed by atoms with Gasteiger partial charge in [0.15, 0.2) is 0 Å². The molecule has 0 spiro atoms. The Morgan fingerprint density at radius 1 is 1.24 bits per heavy atom. The van der Waals surface area contributed by atoms with Crippen LogP contribution in [0.5, 0.6) is 0 Å². The lowest BCUT2D eigenvalue weighted by Crippen LogP contribution is -2.45. The van der Waals surface area contributed by atoms with Crippen LogP contribution < -0.4 is 5.32 Å². The van der Waals surface area contributed by atoms with Crippen LogP contribution in [-0.4, -0.2) is 31.1 Å². The molecule has 114 valence electrons. The fourth-order valence-electron chi connectivity index (χ4n) is 2.64. The van der Waals surface area contributed by atoms with Crippen molar-refractivity contribution in [3.05, 3.63) is 58.2 Å². The summed E-state index contributed by atoms with van der Waals surface area (Å²) < 4.78 is 20.1. The molecular formula is C15H17BrClFN2O. The number of hydrogen-bond donors (Lipinski definition) is 1. The first-order valence-electron chi connectivity index (χ1n) is 6.69. The maximum atomic E-state index is 13.6. The molecular weight excluding hydrogens is 359 g/mol. The highest BCUT2D eigenvalue weighted by Crippen LogP contribution is 2.34. The lowest BCUT2D eigenvalue weighted by molar-refractivity contribution is 0.179. The normalized spacial score (nSPS) is 17.2. The van der Waals surface area contributed by atoms with Gasteiger partial charge in [0.25, 0.3) is 0 Å². The summed E-state index contributed by atoms with van der Waals surface area (Å²) >= 11 is 3.53. The first-order valence-corrected chi connectivity index (χ1v) is 7.48.